The molecule has 23 heavy (non-hydrogen) atoms. The van der Waals surface area contributed by atoms with E-state index in [-0.39, 0.29) is 36.2 Å². The minimum atomic E-state index is -0.255. The first-order valence-corrected chi connectivity index (χ1v) is 7.83. The molecule has 6 heteroatoms. The number of methoxy groups -OCH3 is 1. The molecule has 1 aromatic carbocycles. The first-order chi connectivity index (χ1) is 10.7. The molecule has 1 aliphatic heterocycles. The Morgan fingerprint density at radius 3 is 2.70 bits per heavy atom. The summed E-state index contributed by atoms with van der Waals surface area (Å²) in [5, 5.41) is 6.35. The molecule has 2 atom stereocenters. The lowest BCUT2D eigenvalue weighted by Crippen LogP contribution is -2.41. The van der Waals surface area contributed by atoms with Crippen molar-refractivity contribution in [1.29, 1.82) is 0 Å². The molecule has 1 amide bonds. The number of ether oxygens (including phenoxy) is 1. The summed E-state index contributed by atoms with van der Waals surface area (Å²) in [6.45, 7) is 1.71. The van der Waals surface area contributed by atoms with Crippen LogP contribution in [0.2, 0.25) is 0 Å². The molecule has 0 spiro atoms. The van der Waals surface area contributed by atoms with Gasteiger partial charge >= 0.3 is 5.97 Å². The van der Waals surface area contributed by atoms with E-state index in [1.54, 1.807) is 0 Å². The third kappa shape index (κ3) is 6.20. The Morgan fingerprint density at radius 1 is 1.35 bits per heavy atom. The second-order valence-electron chi connectivity index (χ2n) is 5.63. The fourth-order valence-electron chi connectivity index (χ4n) is 2.74. The second-order valence-corrected chi connectivity index (χ2v) is 5.63. The third-order valence-corrected chi connectivity index (χ3v) is 4.05. The van der Waals surface area contributed by atoms with Crippen LogP contribution in [0.5, 0.6) is 0 Å². The lowest BCUT2D eigenvalue weighted by atomic mass is 9.96. The molecule has 0 aliphatic carbocycles. The smallest absolute Gasteiger partial charge is 0.305 e. The van der Waals surface area contributed by atoms with Crippen LogP contribution in [0.3, 0.4) is 0 Å². The predicted molar refractivity (Wildman–Crippen MR) is 91.4 cm³/mol. The second kappa shape index (κ2) is 10.2. The molecule has 5 nitrogen and oxygen atoms in total. The lowest BCUT2D eigenvalue weighted by molar-refractivity contribution is -0.141. The van der Waals surface area contributed by atoms with Crippen LogP contribution < -0.4 is 10.6 Å². The molecular formula is C17H25ClN2O3. The topological polar surface area (TPSA) is 67.4 Å². The van der Waals surface area contributed by atoms with Gasteiger partial charge in [0.05, 0.1) is 19.1 Å². The van der Waals surface area contributed by atoms with Crippen molar-refractivity contribution >= 4 is 24.3 Å². The van der Waals surface area contributed by atoms with Crippen LogP contribution in [-0.2, 0) is 14.3 Å². The van der Waals surface area contributed by atoms with Crippen molar-refractivity contribution < 1.29 is 14.3 Å². The average Bonchev–Trinajstić information content (AvgIpc) is 2.59. The first kappa shape index (κ1) is 19.5. The van der Waals surface area contributed by atoms with E-state index in [0.717, 1.165) is 31.5 Å². The Hall–Kier alpha value is -1.59. The van der Waals surface area contributed by atoms with Crippen LogP contribution >= 0.6 is 12.4 Å². The summed E-state index contributed by atoms with van der Waals surface area (Å²) in [6, 6.07) is 9.61. The summed E-state index contributed by atoms with van der Waals surface area (Å²) in [5.74, 6) is -0.182. The van der Waals surface area contributed by atoms with Gasteiger partial charge in [-0.25, -0.2) is 0 Å². The standard InChI is InChI=1S/C17H24N2O3.ClH/c1-22-16(20)10-9-15(13-6-3-2-4-7-13)19-17(21)14-8-5-11-18-12-14;/h2-4,6-7,14-15,18H,5,8-12H2,1H3,(H,19,21);1H. The maximum Gasteiger partial charge on any atom is 0.305 e. The van der Waals surface area contributed by atoms with E-state index >= 15 is 0 Å². The van der Waals surface area contributed by atoms with Crippen molar-refractivity contribution in [3.63, 3.8) is 0 Å². The molecule has 1 fully saturated rings. The molecule has 2 N–H and O–H groups in total. The largest absolute Gasteiger partial charge is 0.469 e. The van der Waals surface area contributed by atoms with Crippen molar-refractivity contribution in [3.8, 4) is 0 Å². The highest BCUT2D eigenvalue weighted by Crippen LogP contribution is 2.20. The molecular weight excluding hydrogens is 316 g/mol. The summed E-state index contributed by atoms with van der Waals surface area (Å²) in [4.78, 5) is 23.8. The minimum absolute atomic E-state index is 0. The Kier molecular flexibility index (Phi) is 8.66. The van der Waals surface area contributed by atoms with Crippen LogP contribution in [0.15, 0.2) is 30.3 Å². The van der Waals surface area contributed by atoms with E-state index in [1.807, 2.05) is 30.3 Å². The molecule has 1 saturated heterocycles. The van der Waals surface area contributed by atoms with E-state index in [1.165, 1.54) is 7.11 Å². The predicted octanol–water partition coefficient (Wildman–Crippen LogP) is 2.22. The molecule has 0 radical (unpaired) electrons. The Morgan fingerprint density at radius 2 is 2.09 bits per heavy atom. The van der Waals surface area contributed by atoms with Gasteiger partial charge in [0.1, 0.15) is 0 Å². The molecule has 1 aliphatic rings. The van der Waals surface area contributed by atoms with Crippen molar-refractivity contribution in [3.05, 3.63) is 35.9 Å². The SMILES string of the molecule is COC(=O)CCC(NC(=O)C1CCCNC1)c1ccccc1.Cl. The van der Waals surface area contributed by atoms with Crippen molar-refractivity contribution in [2.75, 3.05) is 20.2 Å². The van der Waals surface area contributed by atoms with Gasteiger partial charge in [0.2, 0.25) is 5.91 Å². The Labute approximate surface area is 143 Å². The summed E-state index contributed by atoms with van der Waals surface area (Å²) in [5.41, 5.74) is 1.02. The number of hydrogen-bond donors (Lipinski definition) is 2. The quantitative estimate of drug-likeness (QED) is 0.779. The normalized spacial score (nSPS) is 18.4. The minimum Gasteiger partial charge on any atom is -0.469 e. The number of esters is 1. The zero-order valence-electron chi connectivity index (χ0n) is 13.4. The van der Waals surface area contributed by atoms with Crippen LogP contribution in [0.1, 0.15) is 37.3 Å². The van der Waals surface area contributed by atoms with Gasteiger partial charge < -0.3 is 15.4 Å². The van der Waals surface area contributed by atoms with Gasteiger partial charge in [-0.3, -0.25) is 9.59 Å². The number of amides is 1. The highest BCUT2D eigenvalue weighted by Gasteiger charge is 2.24. The molecule has 128 valence electrons. The first-order valence-electron chi connectivity index (χ1n) is 7.83. The van der Waals surface area contributed by atoms with Gasteiger partial charge in [0.25, 0.3) is 0 Å². The van der Waals surface area contributed by atoms with Crippen LogP contribution in [0, 0.1) is 5.92 Å². The molecule has 0 saturated carbocycles. The van der Waals surface area contributed by atoms with Gasteiger partial charge in [-0.1, -0.05) is 30.3 Å². The summed E-state index contributed by atoms with van der Waals surface area (Å²) < 4.78 is 4.70. The van der Waals surface area contributed by atoms with E-state index in [9.17, 15) is 9.59 Å². The van der Waals surface area contributed by atoms with E-state index < -0.39 is 0 Å². The van der Waals surface area contributed by atoms with E-state index in [2.05, 4.69) is 10.6 Å². The number of nitrogens with one attached hydrogen (secondary N) is 2. The molecule has 0 aromatic heterocycles. The Bertz CT molecular complexity index is 490. The number of carbonyl (C=O) groups excluding carboxylic acids is 2. The molecule has 2 rings (SSSR count). The van der Waals surface area contributed by atoms with Crippen LogP contribution in [-0.4, -0.2) is 32.1 Å². The fraction of sp³-hybridized carbons (Fsp3) is 0.529. The average molecular weight is 341 g/mol. The van der Waals surface area contributed by atoms with Crippen molar-refractivity contribution in [1.82, 2.24) is 10.6 Å². The number of carbonyl (C=O) groups is 2. The molecule has 2 unspecified atom stereocenters. The van der Waals surface area contributed by atoms with Gasteiger partial charge in [-0.15, -0.1) is 12.4 Å². The monoisotopic (exact) mass is 340 g/mol. The number of piperidine rings is 1. The van der Waals surface area contributed by atoms with Gasteiger partial charge in [-0.05, 0) is 31.4 Å². The number of hydrogen-bond acceptors (Lipinski definition) is 4. The number of benzene rings is 1. The highest BCUT2D eigenvalue weighted by molar-refractivity contribution is 5.85. The van der Waals surface area contributed by atoms with E-state index in [0.29, 0.717) is 12.8 Å². The molecule has 1 heterocycles. The maximum atomic E-state index is 12.4. The van der Waals surface area contributed by atoms with Crippen molar-refractivity contribution in [2.24, 2.45) is 5.92 Å². The van der Waals surface area contributed by atoms with Gasteiger partial charge in [-0.2, -0.15) is 0 Å². The number of halogens is 1. The van der Waals surface area contributed by atoms with Crippen LogP contribution in [0.25, 0.3) is 0 Å². The van der Waals surface area contributed by atoms with Gasteiger partial charge in [0, 0.05) is 13.0 Å². The molecule has 1 aromatic rings. The van der Waals surface area contributed by atoms with E-state index in [4.69, 9.17) is 4.74 Å². The number of rotatable bonds is 6. The zero-order chi connectivity index (χ0) is 15.8. The highest BCUT2D eigenvalue weighted by atomic mass is 35.5. The van der Waals surface area contributed by atoms with Crippen LogP contribution in [0.4, 0.5) is 0 Å². The summed E-state index contributed by atoms with van der Waals surface area (Å²) in [6.07, 6.45) is 2.77. The van der Waals surface area contributed by atoms with Crippen molar-refractivity contribution in [2.45, 2.75) is 31.7 Å². The van der Waals surface area contributed by atoms with Gasteiger partial charge in [0.15, 0.2) is 0 Å². The summed E-state index contributed by atoms with van der Waals surface area (Å²) in [7, 11) is 1.38. The zero-order valence-corrected chi connectivity index (χ0v) is 14.2. The maximum absolute atomic E-state index is 12.4. The molecule has 0 bridgehead atoms. The summed E-state index contributed by atoms with van der Waals surface area (Å²) >= 11 is 0. The third-order valence-electron chi connectivity index (χ3n) is 4.05. The lowest BCUT2D eigenvalue weighted by Gasteiger charge is -2.25. The Balaban J connectivity index is 0.00000264. The fourth-order valence-corrected chi connectivity index (χ4v) is 2.74.